The summed E-state index contributed by atoms with van der Waals surface area (Å²) in [5, 5.41) is 12.2. The molecule has 4 rings (SSSR count). The number of fused-ring (bicyclic) bond motifs is 1. The van der Waals surface area contributed by atoms with Crippen LogP contribution in [0.15, 0.2) is 60.8 Å². The topological polar surface area (TPSA) is 88.5 Å². The van der Waals surface area contributed by atoms with Crippen LogP contribution in [-0.2, 0) is 22.4 Å². The van der Waals surface area contributed by atoms with Gasteiger partial charge in [-0.3, -0.25) is 9.59 Å². The van der Waals surface area contributed by atoms with E-state index in [9.17, 15) is 14.7 Å². The van der Waals surface area contributed by atoms with Gasteiger partial charge in [-0.2, -0.15) is 0 Å². The molecule has 0 saturated carbocycles. The maximum Gasteiger partial charge on any atom is 0.303 e. The minimum Gasteiger partial charge on any atom is -0.481 e. The molecular weight excluding hydrogens is 404 g/mol. The Balaban J connectivity index is 1.51. The zero-order valence-electron chi connectivity index (χ0n) is 18.0. The van der Waals surface area contributed by atoms with Crippen LogP contribution in [0.1, 0.15) is 47.4 Å². The summed E-state index contributed by atoms with van der Waals surface area (Å²) in [6.07, 6.45) is 4.67. The number of hydrogen-bond acceptors (Lipinski definition) is 4. The van der Waals surface area contributed by atoms with E-state index < -0.39 is 11.9 Å². The highest BCUT2D eigenvalue weighted by Gasteiger charge is 2.22. The number of aromatic nitrogens is 1. The molecule has 2 aromatic carbocycles. The summed E-state index contributed by atoms with van der Waals surface area (Å²) in [6, 6.07) is 16.7. The first kappa shape index (κ1) is 21.6. The average Bonchev–Trinajstić information content (AvgIpc) is 3.28. The lowest BCUT2D eigenvalue weighted by Gasteiger charge is -2.17. The highest BCUT2D eigenvalue weighted by Crippen LogP contribution is 2.37. The number of carbonyl (C=O) groups excluding carboxylic acids is 1. The fraction of sp³-hybridized carbons (Fsp3) is 0.269. The maximum absolute atomic E-state index is 12.8. The molecule has 0 bridgehead atoms. The standard InChI is InChI=1S/C26H26N2O4/c1-17-12-13-23(21-10-5-9-20(17)21)32-26-22(11-6-14-27-26)28-24(29)15-19(16-25(30)31)18-7-3-2-4-8-18/h2-4,6-8,11-14,19H,5,9-10,15-16H2,1H3,(H,28,29)(H,30,31)/t19-/m1/s1. The molecular formula is C26H26N2O4. The van der Waals surface area contributed by atoms with E-state index in [1.54, 1.807) is 18.3 Å². The van der Waals surface area contributed by atoms with Crippen molar-refractivity contribution in [3.63, 3.8) is 0 Å². The quantitative estimate of drug-likeness (QED) is 0.509. The fourth-order valence-electron chi connectivity index (χ4n) is 4.29. The van der Waals surface area contributed by atoms with E-state index in [0.717, 1.165) is 30.6 Å². The molecule has 1 aromatic heterocycles. The summed E-state index contributed by atoms with van der Waals surface area (Å²) < 4.78 is 6.14. The van der Waals surface area contributed by atoms with Gasteiger partial charge in [-0.25, -0.2) is 4.98 Å². The lowest BCUT2D eigenvalue weighted by molar-refractivity contribution is -0.137. The van der Waals surface area contributed by atoms with E-state index in [2.05, 4.69) is 23.3 Å². The Morgan fingerprint density at radius 3 is 2.59 bits per heavy atom. The molecule has 6 nitrogen and oxygen atoms in total. The third-order valence-electron chi connectivity index (χ3n) is 5.85. The molecule has 1 atom stereocenters. The number of carboxylic acids is 1. The van der Waals surface area contributed by atoms with Crippen LogP contribution in [0.3, 0.4) is 0 Å². The second-order valence-corrected chi connectivity index (χ2v) is 8.11. The smallest absolute Gasteiger partial charge is 0.303 e. The van der Waals surface area contributed by atoms with Gasteiger partial charge in [0.1, 0.15) is 11.4 Å². The second kappa shape index (κ2) is 9.64. The predicted molar refractivity (Wildman–Crippen MR) is 122 cm³/mol. The Bertz CT molecular complexity index is 1130. The molecule has 164 valence electrons. The van der Waals surface area contributed by atoms with Crippen LogP contribution in [0.5, 0.6) is 11.6 Å². The first-order chi connectivity index (χ1) is 15.5. The van der Waals surface area contributed by atoms with E-state index in [-0.39, 0.29) is 18.7 Å². The minimum atomic E-state index is -0.940. The number of carbonyl (C=O) groups is 2. The molecule has 32 heavy (non-hydrogen) atoms. The van der Waals surface area contributed by atoms with Crippen molar-refractivity contribution >= 4 is 17.6 Å². The van der Waals surface area contributed by atoms with Gasteiger partial charge < -0.3 is 15.2 Å². The second-order valence-electron chi connectivity index (χ2n) is 8.11. The van der Waals surface area contributed by atoms with Crippen molar-refractivity contribution < 1.29 is 19.4 Å². The number of nitrogens with one attached hydrogen (secondary N) is 1. The maximum atomic E-state index is 12.8. The number of aliphatic carboxylic acids is 1. The van der Waals surface area contributed by atoms with E-state index in [1.807, 2.05) is 36.4 Å². The first-order valence-electron chi connectivity index (χ1n) is 10.8. The van der Waals surface area contributed by atoms with Crippen molar-refractivity contribution in [1.29, 1.82) is 0 Å². The zero-order valence-corrected chi connectivity index (χ0v) is 18.0. The summed E-state index contributed by atoms with van der Waals surface area (Å²) in [5.74, 6) is -0.550. The van der Waals surface area contributed by atoms with Crippen molar-refractivity contribution in [3.05, 3.63) is 83.0 Å². The molecule has 1 aliphatic carbocycles. The van der Waals surface area contributed by atoms with Crippen LogP contribution in [0.4, 0.5) is 5.69 Å². The molecule has 0 saturated heterocycles. The van der Waals surface area contributed by atoms with Gasteiger partial charge in [-0.15, -0.1) is 0 Å². The van der Waals surface area contributed by atoms with Crippen molar-refractivity contribution in [2.75, 3.05) is 5.32 Å². The van der Waals surface area contributed by atoms with Crippen molar-refractivity contribution in [2.24, 2.45) is 0 Å². The van der Waals surface area contributed by atoms with Gasteiger partial charge in [0.05, 0.1) is 6.42 Å². The van der Waals surface area contributed by atoms with Gasteiger partial charge in [-0.1, -0.05) is 36.4 Å². The van der Waals surface area contributed by atoms with Gasteiger partial charge in [0.2, 0.25) is 11.8 Å². The normalized spacial score (nSPS) is 13.3. The minimum absolute atomic E-state index is 0.0462. The Labute approximate surface area is 187 Å². The molecule has 0 fully saturated rings. The molecule has 6 heteroatoms. The molecule has 1 aliphatic rings. The van der Waals surface area contributed by atoms with E-state index in [4.69, 9.17) is 4.74 Å². The average molecular weight is 431 g/mol. The number of hydrogen-bond donors (Lipinski definition) is 2. The van der Waals surface area contributed by atoms with Gasteiger partial charge >= 0.3 is 5.97 Å². The summed E-state index contributed by atoms with van der Waals surface area (Å²) in [7, 11) is 0. The molecule has 3 aromatic rings. The highest BCUT2D eigenvalue weighted by atomic mass is 16.5. The number of benzene rings is 2. The lowest BCUT2D eigenvalue weighted by atomic mass is 9.92. The largest absolute Gasteiger partial charge is 0.481 e. The number of aryl methyl sites for hydroxylation is 1. The number of pyridine rings is 1. The molecule has 0 radical (unpaired) electrons. The van der Waals surface area contributed by atoms with Gasteiger partial charge in [0.15, 0.2) is 0 Å². The Morgan fingerprint density at radius 2 is 1.81 bits per heavy atom. The van der Waals surface area contributed by atoms with Crippen LogP contribution in [0.2, 0.25) is 0 Å². The van der Waals surface area contributed by atoms with Crippen molar-refractivity contribution in [3.8, 4) is 11.6 Å². The zero-order chi connectivity index (χ0) is 22.5. The number of carboxylic acid groups (broad SMARTS) is 1. The van der Waals surface area contributed by atoms with Crippen molar-refractivity contribution in [1.82, 2.24) is 4.98 Å². The molecule has 0 aliphatic heterocycles. The van der Waals surface area contributed by atoms with E-state index in [0.29, 0.717) is 11.6 Å². The summed E-state index contributed by atoms with van der Waals surface area (Å²) in [5.41, 5.74) is 5.10. The third-order valence-corrected chi connectivity index (χ3v) is 5.85. The van der Waals surface area contributed by atoms with Crippen LogP contribution < -0.4 is 10.1 Å². The van der Waals surface area contributed by atoms with Crippen LogP contribution in [-0.4, -0.2) is 22.0 Å². The summed E-state index contributed by atoms with van der Waals surface area (Å²) >= 11 is 0. The van der Waals surface area contributed by atoms with Gasteiger partial charge in [0, 0.05) is 18.5 Å². The van der Waals surface area contributed by atoms with Gasteiger partial charge in [0.25, 0.3) is 0 Å². The molecule has 1 heterocycles. The first-order valence-corrected chi connectivity index (χ1v) is 10.8. The molecule has 1 amide bonds. The van der Waals surface area contributed by atoms with E-state index >= 15 is 0 Å². The van der Waals surface area contributed by atoms with Crippen LogP contribution >= 0.6 is 0 Å². The Hall–Kier alpha value is -3.67. The summed E-state index contributed by atoms with van der Waals surface area (Å²) in [6.45, 7) is 2.11. The fourth-order valence-corrected chi connectivity index (χ4v) is 4.29. The molecule has 0 spiro atoms. The van der Waals surface area contributed by atoms with Gasteiger partial charge in [-0.05, 0) is 66.6 Å². The van der Waals surface area contributed by atoms with E-state index in [1.165, 1.54) is 16.7 Å². The number of ether oxygens (including phenoxy) is 1. The third kappa shape index (κ3) is 4.97. The number of rotatable bonds is 8. The van der Waals surface area contributed by atoms with Crippen LogP contribution in [0.25, 0.3) is 0 Å². The molecule has 2 N–H and O–H groups in total. The number of anilines is 1. The highest BCUT2D eigenvalue weighted by molar-refractivity contribution is 5.92. The Morgan fingerprint density at radius 1 is 1.03 bits per heavy atom. The SMILES string of the molecule is Cc1ccc(Oc2ncccc2NC(=O)C[C@H](CC(=O)O)c2ccccc2)c2c1CCC2. The monoisotopic (exact) mass is 430 g/mol. The molecule has 0 unspecified atom stereocenters. The number of amides is 1. The Kier molecular flexibility index (Phi) is 6.50. The van der Waals surface area contributed by atoms with Crippen LogP contribution in [0, 0.1) is 6.92 Å². The van der Waals surface area contributed by atoms with Crippen molar-refractivity contribution in [2.45, 2.75) is 44.9 Å². The predicted octanol–water partition coefficient (Wildman–Crippen LogP) is 5.26. The number of nitrogens with zero attached hydrogens (tertiary/aromatic N) is 1. The summed E-state index contributed by atoms with van der Waals surface area (Å²) in [4.78, 5) is 28.5. The lowest BCUT2D eigenvalue weighted by Crippen LogP contribution is -2.18.